The lowest BCUT2D eigenvalue weighted by atomic mass is 9.97. The summed E-state index contributed by atoms with van der Waals surface area (Å²) in [6, 6.07) is 9.30. The highest BCUT2D eigenvalue weighted by Crippen LogP contribution is 2.33. The number of benzene rings is 2. The molecule has 0 aliphatic carbocycles. The molecule has 190 valence electrons. The van der Waals surface area contributed by atoms with Crippen LogP contribution in [0.25, 0.3) is 0 Å². The third kappa shape index (κ3) is 5.28. The van der Waals surface area contributed by atoms with Gasteiger partial charge in [0.1, 0.15) is 18.4 Å². The maximum atomic E-state index is 14.8. The van der Waals surface area contributed by atoms with Gasteiger partial charge in [-0.15, -0.1) is 0 Å². The van der Waals surface area contributed by atoms with Crippen LogP contribution in [-0.4, -0.2) is 54.8 Å². The number of carbonyl (C=O) groups excluding carboxylic acids is 4. The van der Waals surface area contributed by atoms with Gasteiger partial charge in [0.2, 0.25) is 17.6 Å². The van der Waals surface area contributed by atoms with Crippen LogP contribution in [0.4, 0.5) is 8.78 Å². The molecule has 0 bridgehead atoms. The summed E-state index contributed by atoms with van der Waals surface area (Å²) in [5, 5.41) is 2.25. The van der Waals surface area contributed by atoms with Gasteiger partial charge in [-0.05, 0) is 54.3 Å². The van der Waals surface area contributed by atoms with Crippen molar-refractivity contribution in [1.29, 1.82) is 0 Å². The Balaban J connectivity index is 1.37. The molecule has 2 aromatic carbocycles. The highest BCUT2D eigenvalue weighted by atomic mass is 19.3. The standard InChI is InChI=1S/C26H26F2N2O6/c1-35-12-13-36-19-6-4-18(5-7-19)26(27,28)22(31)10-3-16-2-8-20-17(14-16)15-30(25(20)34)21-9-11-23(32)29-24(21)33/h2,4-8,14,21H,3,9-13,15H2,1H3,(H,29,32,33). The normalized spacial score (nSPS) is 17.7. The molecule has 2 aliphatic rings. The van der Waals surface area contributed by atoms with Crippen molar-refractivity contribution in [2.24, 2.45) is 0 Å². The number of hydrogen-bond acceptors (Lipinski definition) is 6. The van der Waals surface area contributed by atoms with E-state index in [4.69, 9.17) is 9.47 Å². The summed E-state index contributed by atoms with van der Waals surface area (Å²) in [7, 11) is 1.52. The molecular formula is C26H26F2N2O6. The van der Waals surface area contributed by atoms with E-state index in [1.165, 1.54) is 36.3 Å². The number of ether oxygens (including phenoxy) is 2. The van der Waals surface area contributed by atoms with E-state index in [9.17, 15) is 28.0 Å². The van der Waals surface area contributed by atoms with E-state index in [2.05, 4.69) is 5.32 Å². The zero-order valence-electron chi connectivity index (χ0n) is 19.7. The van der Waals surface area contributed by atoms with Crippen LogP contribution in [0.5, 0.6) is 5.75 Å². The van der Waals surface area contributed by atoms with E-state index in [0.717, 1.165) is 0 Å². The Kier molecular flexibility index (Phi) is 7.44. The number of fused-ring (bicyclic) bond motifs is 1. The summed E-state index contributed by atoms with van der Waals surface area (Å²) >= 11 is 0. The molecule has 1 saturated heterocycles. The van der Waals surface area contributed by atoms with Crippen molar-refractivity contribution in [2.45, 2.75) is 44.2 Å². The first-order valence-electron chi connectivity index (χ1n) is 11.6. The second-order valence-corrected chi connectivity index (χ2v) is 8.75. The molecule has 36 heavy (non-hydrogen) atoms. The van der Waals surface area contributed by atoms with Crippen LogP contribution in [-0.2, 0) is 38.0 Å². The number of carbonyl (C=O) groups is 4. The van der Waals surface area contributed by atoms with E-state index in [1.54, 1.807) is 18.2 Å². The van der Waals surface area contributed by atoms with E-state index >= 15 is 0 Å². The van der Waals surface area contributed by atoms with Crippen LogP contribution >= 0.6 is 0 Å². The van der Waals surface area contributed by atoms with Crippen molar-refractivity contribution in [1.82, 2.24) is 10.2 Å². The van der Waals surface area contributed by atoms with Crippen LogP contribution in [0.3, 0.4) is 0 Å². The number of piperidine rings is 1. The first-order valence-corrected chi connectivity index (χ1v) is 11.6. The van der Waals surface area contributed by atoms with Gasteiger partial charge in [-0.3, -0.25) is 24.5 Å². The average Bonchev–Trinajstić information content (AvgIpc) is 3.18. The molecule has 3 amide bonds. The fourth-order valence-electron chi connectivity index (χ4n) is 4.36. The molecule has 0 spiro atoms. The number of nitrogens with one attached hydrogen (secondary N) is 1. The minimum absolute atomic E-state index is 0.0759. The molecular weight excluding hydrogens is 474 g/mol. The molecule has 1 atom stereocenters. The van der Waals surface area contributed by atoms with E-state index in [1.807, 2.05) is 0 Å². The van der Waals surface area contributed by atoms with Crippen LogP contribution < -0.4 is 10.1 Å². The molecule has 1 fully saturated rings. The van der Waals surface area contributed by atoms with Crippen molar-refractivity contribution < 1.29 is 37.4 Å². The van der Waals surface area contributed by atoms with Gasteiger partial charge in [-0.25, -0.2) is 0 Å². The number of hydrogen-bond donors (Lipinski definition) is 1. The number of nitrogens with zero attached hydrogens (tertiary/aromatic N) is 1. The molecule has 0 saturated carbocycles. The van der Waals surface area contributed by atoms with Crippen molar-refractivity contribution in [3.63, 3.8) is 0 Å². The monoisotopic (exact) mass is 500 g/mol. The van der Waals surface area contributed by atoms with Gasteiger partial charge in [0, 0.05) is 37.6 Å². The van der Waals surface area contributed by atoms with Crippen LogP contribution in [0.1, 0.15) is 46.3 Å². The predicted octanol–water partition coefficient (Wildman–Crippen LogP) is 2.77. The fourth-order valence-corrected chi connectivity index (χ4v) is 4.36. The average molecular weight is 500 g/mol. The lowest BCUT2D eigenvalue weighted by molar-refractivity contribution is -0.144. The Morgan fingerprint density at radius 2 is 1.86 bits per heavy atom. The minimum Gasteiger partial charge on any atom is -0.491 e. The molecule has 0 radical (unpaired) electrons. The topological polar surface area (TPSA) is 102 Å². The zero-order chi connectivity index (χ0) is 25.9. The summed E-state index contributed by atoms with van der Waals surface area (Å²) < 4.78 is 39.8. The molecule has 4 rings (SSSR count). The van der Waals surface area contributed by atoms with Crippen molar-refractivity contribution in [3.05, 3.63) is 64.7 Å². The molecule has 8 nitrogen and oxygen atoms in total. The third-order valence-electron chi connectivity index (χ3n) is 6.35. The molecule has 0 aromatic heterocycles. The summed E-state index contributed by atoms with van der Waals surface area (Å²) in [5.74, 6) is -5.65. The molecule has 1 unspecified atom stereocenters. The third-order valence-corrected chi connectivity index (χ3v) is 6.35. The van der Waals surface area contributed by atoms with E-state index in [0.29, 0.717) is 29.0 Å². The lowest BCUT2D eigenvalue weighted by Gasteiger charge is -2.29. The first kappa shape index (κ1) is 25.4. The fraction of sp³-hybridized carbons (Fsp3) is 0.385. The summed E-state index contributed by atoms with van der Waals surface area (Å²) in [4.78, 5) is 50.2. The van der Waals surface area contributed by atoms with Gasteiger partial charge in [-0.2, -0.15) is 8.78 Å². The SMILES string of the molecule is COCCOc1ccc(C(F)(F)C(=O)CCc2ccc3c(c2)CN(C2CCC(=O)NC2=O)C3=O)cc1. The van der Waals surface area contributed by atoms with Crippen molar-refractivity contribution in [3.8, 4) is 5.75 Å². The Morgan fingerprint density at radius 3 is 2.56 bits per heavy atom. The predicted molar refractivity (Wildman–Crippen MR) is 124 cm³/mol. The van der Waals surface area contributed by atoms with Crippen LogP contribution in [0.15, 0.2) is 42.5 Å². The van der Waals surface area contributed by atoms with Crippen molar-refractivity contribution >= 4 is 23.5 Å². The molecule has 1 N–H and O–H groups in total. The summed E-state index contributed by atoms with van der Waals surface area (Å²) in [5.41, 5.74) is 1.31. The smallest absolute Gasteiger partial charge is 0.330 e. The number of aryl methyl sites for hydroxylation is 1. The van der Waals surface area contributed by atoms with E-state index < -0.39 is 29.2 Å². The Hall–Kier alpha value is -3.66. The Morgan fingerprint density at radius 1 is 1.11 bits per heavy atom. The number of imide groups is 1. The first-order chi connectivity index (χ1) is 17.2. The maximum absolute atomic E-state index is 14.8. The Labute approximate surface area is 206 Å². The number of ketones is 1. The quantitative estimate of drug-likeness (QED) is 0.398. The number of Topliss-reactive ketones (excluding diaryl/α,β-unsaturated/α-hetero) is 1. The number of methoxy groups -OCH3 is 1. The van der Waals surface area contributed by atoms with Gasteiger partial charge in [0.05, 0.1) is 6.61 Å². The lowest BCUT2D eigenvalue weighted by Crippen LogP contribution is -2.52. The largest absolute Gasteiger partial charge is 0.491 e. The number of halogens is 2. The molecule has 2 heterocycles. The Bertz CT molecular complexity index is 1180. The van der Waals surface area contributed by atoms with Crippen LogP contribution in [0, 0.1) is 0 Å². The van der Waals surface area contributed by atoms with Crippen LogP contribution in [0.2, 0.25) is 0 Å². The van der Waals surface area contributed by atoms with Gasteiger partial charge in [0.15, 0.2) is 0 Å². The highest BCUT2D eigenvalue weighted by molar-refractivity contribution is 6.05. The molecule has 10 heteroatoms. The van der Waals surface area contributed by atoms with Gasteiger partial charge < -0.3 is 14.4 Å². The van der Waals surface area contributed by atoms with Gasteiger partial charge in [0.25, 0.3) is 5.91 Å². The van der Waals surface area contributed by atoms with Gasteiger partial charge in [-0.1, -0.05) is 12.1 Å². The van der Waals surface area contributed by atoms with Gasteiger partial charge >= 0.3 is 5.92 Å². The number of alkyl halides is 2. The minimum atomic E-state index is -3.65. The summed E-state index contributed by atoms with van der Waals surface area (Å²) in [6.45, 7) is 0.822. The van der Waals surface area contributed by atoms with Crippen molar-refractivity contribution in [2.75, 3.05) is 20.3 Å². The van der Waals surface area contributed by atoms with E-state index in [-0.39, 0.29) is 50.6 Å². The number of rotatable bonds is 10. The highest BCUT2D eigenvalue weighted by Gasteiger charge is 2.41. The molecule has 2 aromatic rings. The zero-order valence-corrected chi connectivity index (χ0v) is 19.7. The summed E-state index contributed by atoms with van der Waals surface area (Å²) in [6.07, 6.45) is 0.0952. The second-order valence-electron chi connectivity index (χ2n) is 8.75. The maximum Gasteiger partial charge on any atom is 0.330 e. The molecule has 2 aliphatic heterocycles. The second kappa shape index (κ2) is 10.5. The number of amides is 3.